The lowest BCUT2D eigenvalue weighted by molar-refractivity contribution is -0.146. The van der Waals surface area contributed by atoms with Crippen molar-refractivity contribution in [3.63, 3.8) is 0 Å². The second-order valence-corrected chi connectivity index (χ2v) is 5.09. The van der Waals surface area contributed by atoms with Crippen molar-refractivity contribution in [1.82, 2.24) is 15.5 Å². The Kier molecular flexibility index (Phi) is 6.04. The van der Waals surface area contributed by atoms with Crippen molar-refractivity contribution in [2.45, 2.75) is 44.4 Å². The molecule has 1 rings (SSSR count). The molecule has 19 heavy (non-hydrogen) atoms. The number of amides is 2. The maximum atomic E-state index is 11.6. The minimum absolute atomic E-state index is 0.00651. The number of carbonyl (C=O) groups is 2. The van der Waals surface area contributed by atoms with Crippen LogP contribution in [0.25, 0.3) is 0 Å². The van der Waals surface area contributed by atoms with E-state index in [0.717, 1.165) is 19.4 Å². The van der Waals surface area contributed by atoms with E-state index < -0.39 is 12.1 Å². The number of aliphatic hydroxyl groups is 1. The Labute approximate surface area is 113 Å². The van der Waals surface area contributed by atoms with Gasteiger partial charge in [0.05, 0.1) is 0 Å². The van der Waals surface area contributed by atoms with Gasteiger partial charge < -0.3 is 25.7 Å². The first-order valence-corrected chi connectivity index (χ1v) is 6.55. The van der Waals surface area contributed by atoms with Crippen LogP contribution >= 0.6 is 0 Å². The first kappa shape index (κ1) is 15.7. The molecule has 7 nitrogen and oxygen atoms in total. The summed E-state index contributed by atoms with van der Waals surface area (Å²) in [5.74, 6) is -1.27. The SMILES string of the molecule is CC1CC(NC(=O)NCC[C@H](O)C(=O)O)CCN1C. The molecule has 2 unspecified atom stereocenters. The van der Waals surface area contributed by atoms with Gasteiger partial charge in [-0.25, -0.2) is 9.59 Å². The zero-order valence-electron chi connectivity index (χ0n) is 11.4. The minimum atomic E-state index is -1.43. The molecule has 7 heteroatoms. The molecule has 0 radical (unpaired) electrons. The normalized spacial score (nSPS) is 25.6. The largest absolute Gasteiger partial charge is 0.479 e. The van der Waals surface area contributed by atoms with Crippen LogP contribution in [-0.2, 0) is 4.79 Å². The molecule has 1 aliphatic rings. The van der Waals surface area contributed by atoms with Crippen LogP contribution in [-0.4, -0.2) is 65.4 Å². The number of nitrogens with zero attached hydrogens (tertiary/aromatic N) is 1. The maximum Gasteiger partial charge on any atom is 0.332 e. The van der Waals surface area contributed by atoms with Gasteiger partial charge in [0.1, 0.15) is 0 Å². The Morgan fingerprint density at radius 2 is 2.16 bits per heavy atom. The molecular formula is C12H23N3O4. The fourth-order valence-electron chi connectivity index (χ4n) is 2.10. The summed E-state index contributed by atoms with van der Waals surface area (Å²) in [7, 11) is 2.06. The van der Waals surface area contributed by atoms with Gasteiger partial charge >= 0.3 is 12.0 Å². The van der Waals surface area contributed by atoms with Crippen molar-refractivity contribution in [2.75, 3.05) is 20.1 Å². The third-order valence-electron chi connectivity index (χ3n) is 3.53. The first-order valence-electron chi connectivity index (χ1n) is 6.55. The van der Waals surface area contributed by atoms with Crippen LogP contribution in [0.1, 0.15) is 26.2 Å². The van der Waals surface area contributed by atoms with E-state index in [4.69, 9.17) is 10.2 Å². The standard InChI is InChI=1S/C12H23N3O4/c1-8-7-9(4-6-15(8)2)14-12(19)13-5-3-10(16)11(17)18/h8-10,16H,3-7H2,1-2H3,(H,17,18)(H2,13,14,19)/t8?,9?,10-/m0/s1. The van der Waals surface area contributed by atoms with Gasteiger partial charge in [0.15, 0.2) is 6.10 Å². The molecule has 0 aromatic carbocycles. The van der Waals surface area contributed by atoms with Crippen molar-refractivity contribution in [3.05, 3.63) is 0 Å². The smallest absolute Gasteiger partial charge is 0.332 e. The molecule has 1 fully saturated rings. The lowest BCUT2D eigenvalue weighted by atomic mass is 9.99. The van der Waals surface area contributed by atoms with Gasteiger partial charge in [-0.05, 0) is 26.8 Å². The third kappa shape index (κ3) is 5.44. The number of carboxylic acid groups (broad SMARTS) is 1. The number of rotatable bonds is 5. The molecule has 0 aliphatic carbocycles. The van der Waals surface area contributed by atoms with Gasteiger partial charge in [-0.2, -0.15) is 0 Å². The number of piperidine rings is 1. The van der Waals surface area contributed by atoms with Gasteiger partial charge in [0, 0.05) is 31.6 Å². The van der Waals surface area contributed by atoms with Gasteiger partial charge in [-0.3, -0.25) is 0 Å². The van der Waals surface area contributed by atoms with E-state index in [1.165, 1.54) is 0 Å². The summed E-state index contributed by atoms with van der Waals surface area (Å²) in [6, 6.07) is 0.280. The van der Waals surface area contributed by atoms with Crippen molar-refractivity contribution >= 4 is 12.0 Å². The van der Waals surface area contributed by atoms with Gasteiger partial charge in [0.2, 0.25) is 0 Å². The highest BCUT2D eigenvalue weighted by atomic mass is 16.4. The third-order valence-corrected chi connectivity index (χ3v) is 3.53. The summed E-state index contributed by atoms with van der Waals surface area (Å²) in [6.07, 6.45) is 0.393. The lowest BCUT2D eigenvalue weighted by Gasteiger charge is -2.35. The van der Waals surface area contributed by atoms with Crippen LogP contribution in [0.4, 0.5) is 4.79 Å². The summed E-state index contributed by atoms with van der Waals surface area (Å²) in [4.78, 5) is 24.2. The Morgan fingerprint density at radius 3 is 2.74 bits per heavy atom. The second-order valence-electron chi connectivity index (χ2n) is 5.09. The number of urea groups is 1. The fourth-order valence-corrected chi connectivity index (χ4v) is 2.10. The van der Waals surface area contributed by atoms with Crippen LogP contribution in [0.2, 0.25) is 0 Å². The number of aliphatic hydroxyl groups excluding tert-OH is 1. The van der Waals surface area contributed by atoms with Gasteiger partial charge in [-0.15, -0.1) is 0 Å². The Bertz CT molecular complexity index is 324. The molecule has 0 saturated carbocycles. The van der Waals surface area contributed by atoms with Crippen LogP contribution in [0.5, 0.6) is 0 Å². The highest BCUT2D eigenvalue weighted by Gasteiger charge is 2.23. The van der Waals surface area contributed by atoms with Crippen molar-refractivity contribution in [2.24, 2.45) is 0 Å². The molecule has 0 aromatic rings. The van der Waals surface area contributed by atoms with Crippen molar-refractivity contribution in [3.8, 4) is 0 Å². The average molecular weight is 273 g/mol. The number of nitrogens with one attached hydrogen (secondary N) is 2. The highest BCUT2D eigenvalue weighted by Crippen LogP contribution is 2.14. The number of carboxylic acids is 1. The molecule has 0 spiro atoms. The molecule has 0 bridgehead atoms. The van der Waals surface area contributed by atoms with E-state index in [-0.39, 0.29) is 25.0 Å². The fraction of sp³-hybridized carbons (Fsp3) is 0.833. The summed E-state index contributed by atoms with van der Waals surface area (Å²) in [5, 5.41) is 22.9. The molecule has 1 saturated heterocycles. The summed E-state index contributed by atoms with van der Waals surface area (Å²) in [5.41, 5.74) is 0. The zero-order chi connectivity index (χ0) is 14.4. The first-order chi connectivity index (χ1) is 8.90. The molecule has 110 valence electrons. The van der Waals surface area contributed by atoms with Crippen LogP contribution in [0, 0.1) is 0 Å². The number of hydrogen-bond acceptors (Lipinski definition) is 4. The number of carbonyl (C=O) groups excluding carboxylic acids is 1. The average Bonchev–Trinajstić information content (AvgIpc) is 2.33. The van der Waals surface area contributed by atoms with Crippen LogP contribution < -0.4 is 10.6 Å². The Hall–Kier alpha value is -1.34. The zero-order valence-corrected chi connectivity index (χ0v) is 11.4. The molecule has 0 aromatic heterocycles. The Morgan fingerprint density at radius 1 is 1.47 bits per heavy atom. The maximum absolute atomic E-state index is 11.6. The topological polar surface area (TPSA) is 102 Å². The van der Waals surface area contributed by atoms with Gasteiger partial charge in [0.25, 0.3) is 0 Å². The second kappa shape index (κ2) is 7.30. The van der Waals surface area contributed by atoms with Crippen molar-refractivity contribution < 1.29 is 19.8 Å². The molecule has 3 atom stereocenters. The number of likely N-dealkylation sites (tertiary alicyclic amines) is 1. The summed E-state index contributed by atoms with van der Waals surface area (Å²) < 4.78 is 0. The van der Waals surface area contributed by atoms with Crippen LogP contribution in [0.3, 0.4) is 0 Å². The van der Waals surface area contributed by atoms with E-state index >= 15 is 0 Å². The van der Waals surface area contributed by atoms with E-state index in [9.17, 15) is 9.59 Å². The molecule has 2 amide bonds. The predicted octanol–water partition coefficient (Wildman–Crippen LogP) is -0.396. The number of hydrogen-bond donors (Lipinski definition) is 4. The quantitative estimate of drug-likeness (QED) is 0.546. The molecule has 1 heterocycles. The van der Waals surface area contributed by atoms with Gasteiger partial charge in [-0.1, -0.05) is 0 Å². The highest BCUT2D eigenvalue weighted by molar-refractivity contribution is 5.74. The molecule has 4 N–H and O–H groups in total. The summed E-state index contributed by atoms with van der Waals surface area (Å²) in [6.45, 7) is 3.21. The monoisotopic (exact) mass is 273 g/mol. The van der Waals surface area contributed by atoms with E-state index in [1.54, 1.807) is 0 Å². The van der Waals surface area contributed by atoms with Crippen molar-refractivity contribution in [1.29, 1.82) is 0 Å². The van der Waals surface area contributed by atoms with E-state index in [1.807, 2.05) is 0 Å². The van der Waals surface area contributed by atoms with E-state index in [2.05, 4.69) is 29.5 Å². The van der Waals surface area contributed by atoms with E-state index in [0.29, 0.717) is 6.04 Å². The molecular weight excluding hydrogens is 250 g/mol. The number of aliphatic carboxylic acids is 1. The lowest BCUT2D eigenvalue weighted by Crippen LogP contribution is -2.50. The molecule has 1 aliphatic heterocycles. The predicted molar refractivity (Wildman–Crippen MR) is 69.9 cm³/mol. The summed E-state index contributed by atoms with van der Waals surface area (Å²) >= 11 is 0. The van der Waals surface area contributed by atoms with Crippen LogP contribution in [0.15, 0.2) is 0 Å². The minimum Gasteiger partial charge on any atom is -0.479 e. The Balaban J connectivity index is 2.19.